The molecule has 0 bridgehead atoms. The van der Waals surface area contributed by atoms with Crippen LogP contribution in [-0.2, 0) is 9.59 Å². The summed E-state index contributed by atoms with van der Waals surface area (Å²) < 4.78 is 27.0. The number of halogens is 2. The van der Waals surface area contributed by atoms with Crippen LogP contribution in [0.3, 0.4) is 0 Å². The number of hydrogen-bond acceptors (Lipinski definition) is 5. The molecule has 2 aliphatic heterocycles. The average molecular weight is 389 g/mol. The molecule has 1 saturated heterocycles. The van der Waals surface area contributed by atoms with Crippen LogP contribution in [0, 0.1) is 11.6 Å². The number of piperazine rings is 1. The van der Waals surface area contributed by atoms with Crippen molar-refractivity contribution in [1.82, 2.24) is 9.80 Å². The smallest absolute Gasteiger partial charge is 0.282 e. The molecule has 4 rings (SSSR count). The molecule has 1 aromatic carbocycles. The molecule has 27 heavy (non-hydrogen) atoms. The summed E-state index contributed by atoms with van der Waals surface area (Å²) in [5.41, 5.74) is 0.687. The van der Waals surface area contributed by atoms with Gasteiger partial charge in [0, 0.05) is 37.1 Å². The number of imide groups is 1. The first-order valence-corrected chi connectivity index (χ1v) is 9.41. The van der Waals surface area contributed by atoms with Gasteiger partial charge in [-0.15, -0.1) is 11.3 Å². The Kier molecular flexibility index (Phi) is 4.53. The molecule has 0 aliphatic carbocycles. The molecular weight excluding hydrogens is 372 g/mol. The zero-order valence-electron chi connectivity index (χ0n) is 14.6. The van der Waals surface area contributed by atoms with E-state index >= 15 is 0 Å². The molecule has 0 saturated carbocycles. The van der Waals surface area contributed by atoms with Crippen LogP contribution in [-0.4, -0.2) is 54.8 Å². The van der Waals surface area contributed by atoms with Gasteiger partial charge in [-0.05, 0) is 30.6 Å². The van der Waals surface area contributed by atoms with Crippen LogP contribution in [0.2, 0.25) is 0 Å². The number of hydrogen-bond donors (Lipinski definition) is 0. The molecule has 2 amide bonds. The van der Waals surface area contributed by atoms with Crippen molar-refractivity contribution >= 4 is 34.4 Å². The Morgan fingerprint density at radius 2 is 1.70 bits per heavy atom. The summed E-state index contributed by atoms with van der Waals surface area (Å²) in [5.74, 6) is -3.14. The van der Waals surface area contributed by atoms with E-state index in [1.54, 1.807) is 6.07 Å². The van der Waals surface area contributed by atoms with Gasteiger partial charge in [0.2, 0.25) is 0 Å². The third-order valence-electron chi connectivity index (χ3n) is 4.81. The maximum atomic E-state index is 13.7. The van der Waals surface area contributed by atoms with Crippen molar-refractivity contribution in [2.24, 2.45) is 0 Å². The van der Waals surface area contributed by atoms with Gasteiger partial charge in [-0.2, -0.15) is 0 Å². The van der Waals surface area contributed by atoms with E-state index in [9.17, 15) is 18.4 Å². The molecule has 0 atom stereocenters. The first-order chi connectivity index (χ1) is 13.0. The van der Waals surface area contributed by atoms with Crippen LogP contribution in [0.5, 0.6) is 0 Å². The Morgan fingerprint density at radius 1 is 0.963 bits per heavy atom. The Labute approximate surface area is 159 Å². The van der Waals surface area contributed by atoms with Crippen molar-refractivity contribution in [3.05, 3.63) is 57.9 Å². The highest BCUT2D eigenvalue weighted by molar-refractivity contribution is 7.11. The van der Waals surface area contributed by atoms with Gasteiger partial charge in [0.25, 0.3) is 11.8 Å². The van der Waals surface area contributed by atoms with Gasteiger partial charge < -0.3 is 9.80 Å². The fraction of sp³-hybridized carbons (Fsp3) is 0.263. The van der Waals surface area contributed by atoms with E-state index < -0.39 is 23.4 Å². The summed E-state index contributed by atoms with van der Waals surface area (Å²) in [6.07, 6.45) is 0. The molecule has 3 heterocycles. The van der Waals surface area contributed by atoms with Gasteiger partial charge in [0.05, 0.1) is 11.3 Å². The lowest BCUT2D eigenvalue weighted by Crippen LogP contribution is -2.46. The first kappa shape index (κ1) is 17.8. The van der Waals surface area contributed by atoms with Crippen LogP contribution < -0.4 is 4.90 Å². The van der Waals surface area contributed by atoms with E-state index in [2.05, 4.69) is 4.90 Å². The summed E-state index contributed by atoms with van der Waals surface area (Å²) in [6, 6.07) is 6.64. The minimum atomic E-state index is -1.10. The Balaban J connectivity index is 1.78. The second-order valence-corrected chi connectivity index (χ2v) is 7.48. The van der Waals surface area contributed by atoms with Crippen LogP contribution in [0.15, 0.2) is 41.4 Å². The summed E-state index contributed by atoms with van der Waals surface area (Å²) in [6.45, 7) is 2.78. The van der Waals surface area contributed by atoms with Crippen molar-refractivity contribution < 1.29 is 18.4 Å². The van der Waals surface area contributed by atoms with Crippen molar-refractivity contribution in [3.8, 4) is 0 Å². The second kappa shape index (κ2) is 6.86. The number of rotatable bonds is 3. The van der Waals surface area contributed by atoms with Crippen LogP contribution in [0.4, 0.5) is 14.5 Å². The highest BCUT2D eigenvalue weighted by Crippen LogP contribution is 2.37. The predicted octanol–water partition coefficient (Wildman–Crippen LogP) is 2.56. The van der Waals surface area contributed by atoms with Crippen LogP contribution >= 0.6 is 11.3 Å². The van der Waals surface area contributed by atoms with Gasteiger partial charge in [0.15, 0.2) is 11.6 Å². The number of likely N-dealkylation sites (N-methyl/N-ethyl adjacent to an activating group) is 1. The molecule has 8 heteroatoms. The number of amides is 2. The Morgan fingerprint density at radius 3 is 2.33 bits per heavy atom. The van der Waals surface area contributed by atoms with Gasteiger partial charge in [-0.25, -0.2) is 13.7 Å². The highest BCUT2D eigenvalue weighted by atomic mass is 32.1. The fourth-order valence-corrected chi connectivity index (χ4v) is 4.11. The first-order valence-electron chi connectivity index (χ1n) is 8.53. The SMILES string of the molecule is CN1CCN(C2=C(c3cccs3)C(=O)N(c3ccc(F)c(F)c3)C2=O)CC1. The third-order valence-corrected chi connectivity index (χ3v) is 5.70. The fourth-order valence-electron chi connectivity index (χ4n) is 3.34. The third kappa shape index (κ3) is 3.04. The molecule has 2 aromatic rings. The number of carbonyl (C=O) groups excluding carboxylic acids is 2. The molecule has 1 aromatic heterocycles. The molecule has 0 spiro atoms. The lowest BCUT2D eigenvalue weighted by Gasteiger charge is -2.34. The zero-order chi connectivity index (χ0) is 19.1. The minimum Gasteiger partial charge on any atom is -0.364 e. The molecular formula is C19H17F2N3O2S. The number of benzene rings is 1. The van der Waals surface area contributed by atoms with E-state index in [1.807, 2.05) is 23.4 Å². The van der Waals surface area contributed by atoms with Gasteiger partial charge >= 0.3 is 0 Å². The molecule has 1 fully saturated rings. The molecule has 0 unspecified atom stereocenters. The molecule has 5 nitrogen and oxygen atoms in total. The van der Waals surface area contributed by atoms with Crippen molar-refractivity contribution in [1.29, 1.82) is 0 Å². The Bertz CT molecular complexity index is 934. The number of anilines is 1. The average Bonchev–Trinajstić information content (AvgIpc) is 3.25. The monoisotopic (exact) mass is 389 g/mol. The summed E-state index contributed by atoms with van der Waals surface area (Å²) in [5, 5.41) is 1.84. The topological polar surface area (TPSA) is 43.9 Å². The molecule has 0 radical (unpaired) electrons. The quantitative estimate of drug-likeness (QED) is 0.757. The Hall–Kier alpha value is -2.58. The van der Waals surface area contributed by atoms with E-state index in [4.69, 9.17) is 0 Å². The molecule has 2 aliphatic rings. The largest absolute Gasteiger partial charge is 0.364 e. The zero-order valence-corrected chi connectivity index (χ0v) is 15.4. The van der Waals surface area contributed by atoms with Gasteiger partial charge in [0.1, 0.15) is 5.70 Å². The van der Waals surface area contributed by atoms with E-state index in [1.165, 1.54) is 17.4 Å². The molecule has 140 valence electrons. The lowest BCUT2D eigenvalue weighted by molar-refractivity contribution is -0.120. The minimum absolute atomic E-state index is 0.0297. The van der Waals surface area contributed by atoms with E-state index in [-0.39, 0.29) is 5.69 Å². The highest BCUT2D eigenvalue weighted by Gasteiger charge is 2.43. The van der Waals surface area contributed by atoms with Crippen molar-refractivity contribution in [3.63, 3.8) is 0 Å². The maximum absolute atomic E-state index is 13.7. The summed E-state index contributed by atoms with van der Waals surface area (Å²) >= 11 is 1.37. The van der Waals surface area contributed by atoms with Gasteiger partial charge in [-0.1, -0.05) is 6.07 Å². The lowest BCUT2D eigenvalue weighted by atomic mass is 10.1. The van der Waals surface area contributed by atoms with Gasteiger partial charge in [-0.3, -0.25) is 9.59 Å². The molecule has 0 N–H and O–H groups in total. The number of carbonyl (C=O) groups is 2. The standard InChI is InChI=1S/C19H17F2N3O2S/c1-22-6-8-23(9-7-22)17-16(15-3-2-10-27-15)18(25)24(19(17)26)12-4-5-13(20)14(21)11-12/h2-5,10-11H,6-9H2,1H3. The normalized spacial score (nSPS) is 18.8. The summed E-state index contributed by atoms with van der Waals surface area (Å²) in [7, 11) is 2.00. The number of nitrogens with zero attached hydrogens (tertiary/aromatic N) is 3. The van der Waals surface area contributed by atoms with Crippen molar-refractivity contribution in [2.45, 2.75) is 0 Å². The predicted molar refractivity (Wildman–Crippen MR) is 99.2 cm³/mol. The van der Waals surface area contributed by atoms with Crippen LogP contribution in [0.1, 0.15) is 4.88 Å². The number of thiophene rings is 1. The van der Waals surface area contributed by atoms with E-state index in [0.717, 1.165) is 30.1 Å². The van der Waals surface area contributed by atoms with Crippen molar-refractivity contribution in [2.75, 3.05) is 38.1 Å². The van der Waals surface area contributed by atoms with E-state index in [0.29, 0.717) is 29.2 Å². The van der Waals surface area contributed by atoms with Crippen LogP contribution in [0.25, 0.3) is 5.57 Å². The summed E-state index contributed by atoms with van der Waals surface area (Å²) in [4.78, 5) is 32.0. The maximum Gasteiger partial charge on any atom is 0.282 e. The second-order valence-electron chi connectivity index (χ2n) is 6.54.